The minimum atomic E-state index is 0.187. The minimum absolute atomic E-state index is 0.187. The molecular weight excluding hydrogens is 358 g/mol. The molecule has 2 aromatic carbocycles. The number of hydrogen-bond donors (Lipinski definition) is 0. The van der Waals surface area contributed by atoms with Crippen LogP contribution in [-0.4, -0.2) is 36.7 Å². The molecule has 1 aliphatic rings. The van der Waals surface area contributed by atoms with Crippen LogP contribution >= 0.6 is 0 Å². The second kappa shape index (κ2) is 11.5. The van der Waals surface area contributed by atoms with Crippen LogP contribution in [0.25, 0.3) is 0 Å². The predicted octanol–water partition coefficient (Wildman–Crippen LogP) is 5.55. The van der Waals surface area contributed by atoms with Crippen molar-refractivity contribution >= 4 is 0 Å². The summed E-state index contributed by atoms with van der Waals surface area (Å²) in [6, 6.07) is 21.3. The van der Waals surface area contributed by atoms with Crippen molar-refractivity contribution in [1.29, 1.82) is 0 Å². The Hall–Kier alpha value is -1.68. The zero-order chi connectivity index (χ0) is 20.5. The molecule has 0 amide bonds. The van der Waals surface area contributed by atoms with Gasteiger partial charge in [-0.3, -0.25) is 4.90 Å². The highest BCUT2D eigenvalue weighted by atomic mass is 16.5. The van der Waals surface area contributed by atoms with E-state index < -0.39 is 0 Å². The zero-order valence-corrected chi connectivity index (χ0v) is 18.3. The van der Waals surface area contributed by atoms with Crippen LogP contribution in [0.4, 0.5) is 0 Å². The first-order valence-corrected chi connectivity index (χ1v) is 11.2. The Morgan fingerprint density at radius 2 is 1.52 bits per heavy atom. The van der Waals surface area contributed by atoms with Gasteiger partial charge in [0.1, 0.15) is 0 Å². The molecular formula is C26H37NO2. The lowest BCUT2D eigenvalue weighted by Gasteiger charge is -2.47. The Kier molecular flexibility index (Phi) is 8.72. The lowest BCUT2D eigenvalue weighted by atomic mass is 9.81. The third-order valence-corrected chi connectivity index (χ3v) is 6.27. The smallest absolute Gasteiger partial charge is 0.0785 e. The fourth-order valence-corrected chi connectivity index (χ4v) is 4.27. The van der Waals surface area contributed by atoms with Crippen molar-refractivity contribution in [2.45, 2.75) is 59.0 Å². The molecule has 158 valence electrons. The van der Waals surface area contributed by atoms with Gasteiger partial charge < -0.3 is 9.47 Å². The first-order chi connectivity index (χ1) is 14.2. The fraction of sp³-hybridized carbons (Fsp3) is 0.538. The molecule has 0 aromatic heterocycles. The summed E-state index contributed by atoms with van der Waals surface area (Å²) in [5.41, 5.74) is 2.47. The van der Waals surface area contributed by atoms with Crippen molar-refractivity contribution in [1.82, 2.24) is 4.90 Å². The van der Waals surface area contributed by atoms with E-state index in [4.69, 9.17) is 9.47 Å². The molecule has 0 spiro atoms. The van der Waals surface area contributed by atoms with E-state index in [-0.39, 0.29) is 6.10 Å². The molecule has 1 saturated heterocycles. The summed E-state index contributed by atoms with van der Waals surface area (Å²) in [5, 5.41) is 0. The van der Waals surface area contributed by atoms with Crippen LogP contribution in [0, 0.1) is 11.8 Å². The topological polar surface area (TPSA) is 21.7 Å². The monoisotopic (exact) mass is 395 g/mol. The van der Waals surface area contributed by atoms with Gasteiger partial charge in [-0.05, 0) is 35.9 Å². The Bertz CT molecular complexity index is 690. The van der Waals surface area contributed by atoms with Gasteiger partial charge in [-0.15, -0.1) is 0 Å². The molecule has 0 bridgehead atoms. The van der Waals surface area contributed by atoms with Gasteiger partial charge in [0.25, 0.3) is 0 Å². The molecule has 29 heavy (non-hydrogen) atoms. The van der Waals surface area contributed by atoms with Gasteiger partial charge in [0.2, 0.25) is 0 Å². The number of unbranched alkanes of at least 4 members (excludes halogenated alkanes) is 1. The largest absolute Gasteiger partial charge is 0.375 e. The Morgan fingerprint density at radius 1 is 0.897 bits per heavy atom. The van der Waals surface area contributed by atoms with Crippen LogP contribution in [0.2, 0.25) is 0 Å². The van der Waals surface area contributed by atoms with E-state index in [0.717, 1.165) is 19.7 Å². The third kappa shape index (κ3) is 6.40. The summed E-state index contributed by atoms with van der Waals surface area (Å²) in [6.07, 6.45) is 2.63. The van der Waals surface area contributed by atoms with E-state index in [1.165, 1.54) is 24.0 Å². The molecule has 1 fully saturated rings. The predicted molar refractivity (Wildman–Crippen MR) is 120 cm³/mol. The molecule has 4 atom stereocenters. The van der Waals surface area contributed by atoms with Crippen LogP contribution in [0.3, 0.4) is 0 Å². The normalized spacial score (nSPS) is 25.2. The van der Waals surface area contributed by atoms with E-state index in [1.54, 1.807) is 0 Å². The van der Waals surface area contributed by atoms with Crippen molar-refractivity contribution in [3.05, 3.63) is 71.8 Å². The Labute approximate surface area is 177 Å². The number of rotatable bonds is 10. The second-order valence-corrected chi connectivity index (χ2v) is 8.51. The zero-order valence-electron chi connectivity index (χ0n) is 18.3. The SMILES string of the molecule is CCCCN1CC(C)C(C)C(OCc2ccccc2)C1COCc1ccccc1. The molecule has 0 radical (unpaired) electrons. The first kappa shape index (κ1) is 22.0. The number of nitrogens with zero attached hydrogens (tertiary/aromatic N) is 1. The summed E-state index contributed by atoms with van der Waals surface area (Å²) in [6.45, 7) is 11.3. The minimum Gasteiger partial charge on any atom is -0.375 e. The summed E-state index contributed by atoms with van der Waals surface area (Å²) < 4.78 is 12.8. The average Bonchev–Trinajstić information content (AvgIpc) is 2.76. The molecule has 2 aromatic rings. The number of ether oxygens (including phenoxy) is 2. The van der Waals surface area contributed by atoms with Crippen LogP contribution < -0.4 is 0 Å². The van der Waals surface area contributed by atoms with E-state index in [2.05, 4.69) is 80.3 Å². The standard InChI is InChI=1S/C26H37NO2/c1-4-5-16-27-17-21(2)22(3)26(29-19-24-14-10-7-11-15-24)25(27)20-28-18-23-12-8-6-9-13-23/h6-15,21-22,25-26H,4-5,16-20H2,1-3H3. The van der Waals surface area contributed by atoms with E-state index in [0.29, 0.717) is 31.1 Å². The Morgan fingerprint density at radius 3 is 2.14 bits per heavy atom. The number of piperidine rings is 1. The van der Waals surface area contributed by atoms with Crippen LogP contribution in [0.5, 0.6) is 0 Å². The van der Waals surface area contributed by atoms with Gasteiger partial charge in [0.15, 0.2) is 0 Å². The lowest BCUT2D eigenvalue weighted by molar-refractivity contribution is -0.120. The molecule has 1 aliphatic heterocycles. The van der Waals surface area contributed by atoms with E-state index >= 15 is 0 Å². The maximum atomic E-state index is 6.56. The van der Waals surface area contributed by atoms with Gasteiger partial charge >= 0.3 is 0 Å². The van der Waals surface area contributed by atoms with Gasteiger partial charge in [-0.25, -0.2) is 0 Å². The highest BCUT2D eigenvalue weighted by Gasteiger charge is 2.40. The van der Waals surface area contributed by atoms with Crippen LogP contribution in [0.15, 0.2) is 60.7 Å². The third-order valence-electron chi connectivity index (χ3n) is 6.27. The lowest BCUT2D eigenvalue weighted by Crippen LogP contribution is -2.58. The van der Waals surface area contributed by atoms with Crippen molar-refractivity contribution in [3.8, 4) is 0 Å². The summed E-state index contributed by atoms with van der Waals surface area (Å²) in [4.78, 5) is 2.62. The number of likely N-dealkylation sites (tertiary alicyclic amines) is 1. The van der Waals surface area contributed by atoms with Crippen LogP contribution in [-0.2, 0) is 22.7 Å². The summed E-state index contributed by atoms with van der Waals surface area (Å²) in [5.74, 6) is 1.14. The highest BCUT2D eigenvalue weighted by molar-refractivity contribution is 5.14. The maximum absolute atomic E-state index is 6.56. The van der Waals surface area contributed by atoms with Gasteiger partial charge in [-0.2, -0.15) is 0 Å². The second-order valence-electron chi connectivity index (χ2n) is 8.51. The van der Waals surface area contributed by atoms with E-state index in [9.17, 15) is 0 Å². The quantitative estimate of drug-likeness (QED) is 0.527. The fourth-order valence-electron chi connectivity index (χ4n) is 4.27. The van der Waals surface area contributed by atoms with E-state index in [1.807, 2.05) is 6.07 Å². The van der Waals surface area contributed by atoms with Crippen molar-refractivity contribution in [2.24, 2.45) is 11.8 Å². The number of hydrogen-bond acceptors (Lipinski definition) is 3. The summed E-state index contributed by atoms with van der Waals surface area (Å²) >= 11 is 0. The van der Waals surface area contributed by atoms with Gasteiger partial charge in [0.05, 0.1) is 32.0 Å². The molecule has 3 heteroatoms. The van der Waals surface area contributed by atoms with Crippen molar-refractivity contribution < 1.29 is 9.47 Å². The van der Waals surface area contributed by atoms with Gasteiger partial charge in [0, 0.05) is 6.54 Å². The van der Waals surface area contributed by atoms with Crippen molar-refractivity contribution in [2.75, 3.05) is 19.7 Å². The summed E-state index contributed by atoms with van der Waals surface area (Å²) in [7, 11) is 0. The Balaban J connectivity index is 1.68. The number of benzene rings is 2. The maximum Gasteiger partial charge on any atom is 0.0785 e. The van der Waals surface area contributed by atoms with Crippen LogP contribution in [0.1, 0.15) is 44.7 Å². The average molecular weight is 396 g/mol. The highest BCUT2D eigenvalue weighted by Crippen LogP contribution is 2.31. The molecule has 3 rings (SSSR count). The first-order valence-electron chi connectivity index (χ1n) is 11.2. The molecule has 1 heterocycles. The molecule has 3 nitrogen and oxygen atoms in total. The molecule has 0 N–H and O–H groups in total. The van der Waals surface area contributed by atoms with Crippen molar-refractivity contribution in [3.63, 3.8) is 0 Å². The molecule has 0 saturated carbocycles. The molecule has 4 unspecified atom stereocenters. The van der Waals surface area contributed by atoms with Gasteiger partial charge in [-0.1, -0.05) is 87.9 Å². The molecule has 0 aliphatic carbocycles.